The minimum Gasteiger partial charge on any atom is -1.00 e. The molecule has 0 N–H and O–H groups in total. The van der Waals surface area contributed by atoms with Crippen LogP contribution in [0.4, 0.5) is 45.3 Å². The first kappa shape index (κ1) is 74.2. The number of halogens is 12. The van der Waals surface area contributed by atoms with Crippen LogP contribution in [0.25, 0.3) is 0 Å². The van der Waals surface area contributed by atoms with E-state index in [-0.39, 0.29) is 166 Å². The summed E-state index contributed by atoms with van der Waals surface area (Å²) in [6.07, 6.45) is -7.63. The number of hydrogen-bond donors (Lipinski definition) is 0. The molecule has 0 saturated carbocycles. The van der Waals surface area contributed by atoms with Crippen LogP contribution in [0.15, 0.2) is 122 Å². The fourth-order valence-corrected chi connectivity index (χ4v) is 9.79. The summed E-state index contributed by atoms with van der Waals surface area (Å²) in [7, 11) is -1.00. The molecule has 1 fully saturated rings. The van der Waals surface area contributed by atoms with Gasteiger partial charge in [-0.1, -0.05) is 71.7 Å². The van der Waals surface area contributed by atoms with Crippen LogP contribution >= 0.6 is 34.8 Å². The summed E-state index contributed by atoms with van der Waals surface area (Å²) < 4.78 is 123. The number of hydrogen-bond acceptors (Lipinski definition) is 13. The van der Waals surface area contributed by atoms with Crippen molar-refractivity contribution in [3.63, 3.8) is 0 Å². The number of rotatable bonds is 15. The fourth-order valence-electron chi connectivity index (χ4n) is 9.36. The van der Waals surface area contributed by atoms with Gasteiger partial charge in [0.05, 0.1) is 77.2 Å². The summed E-state index contributed by atoms with van der Waals surface area (Å²) in [5.41, 5.74) is -5.21. The number of fused-ring (bicyclic) bond motifs is 2. The average molecular weight is 1360 g/mol. The van der Waals surface area contributed by atoms with Gasteiger partial charge in [0.15, 0.2) is 17.4 Å². The molecule has 9 rings (SSSR count). The van der Waals surface area contributed by atoms with Crippen molar-refractivity contribution in [2.45, 2.75) is 56.8 Å². The zero-order valence-electron chi connectivity index (χ0n) is 48.9. The minimum absolute atomic E-state index is 0. The number of carbonyl (C=O) groups is 9. The summed E-state index contributed by atoms with van der Waals surface area (Å²) in [4.78, 5) is 131. The number of aromatic nitrogens is 2. The van der Waals surface area contributed by atoms with Crippen molar-refractivity contribution in [2.24, 2.45) is 0 Å². The molecule has 460 valence electrons. The van der Waals surface area contributed by atoms with Gasteiger partial charge in [0.25, 0.3) is 36.0 Å². The van der Waals surface area contributed by atoms with Crippen molar-refractivity contribution in [1.29, 1.82) is 0 Å². The molecule has 1 saturated heterocycles. The molecular formula is C57H45Cl3F9K2N7O11. The summed E-state index contributed by atoms with van der Waals surface area (Å²) in [5, 5.41) is 8.36. The maximum absolute atomic E-state index is 14.8. The van der Waals surface area contributed by atoms with Crippen LogP contribution in [0.5, 0.6) is 0 Å². The summed E-state index contributed by atoms with van der Waals surface area (Å²) in [6, 6.07) is 21.8. The van der Waals surface area contributed by atoms with Gasteiger partial charge in [0.2, 0.25) is 11.8 Å². The number of benzene rings is 4. The Balaban J connectivity index is 0.000000418. The normalized spacial score (nSPS) is 15.9. The van der Waals surface area contributed by atoms with Crippen molar-refractivity contribution in [3.05, 3.63) is 193 Å². The second-order valence-electron chi connectivity index (χ2n) is 19.2. The van der Waals surface area contributed by atoms with Crippen LogP contribution in [0.2, 0.25) is 10.0 Å². The van der Waals surface area contributed by atoms with Crippen molar-refractivity contribution < 1.29 is 198 Å². The number of amides is 7. The van der Waals surface area contributed by atoms with Gasteiger partial charge in [-0.05, 0) is 85.6 Å². The van der Waals surface area contributed by atoms with Crippen LogP contribution in [0.1, 0.15) is 86.0 Å². The van der Waals surface area contributed by atoms with Crippen LogP contribution in [-0.2, 0) is 60.7 Å². The Morgan fingerprint density at radius 1 is 0.742 bits per heavy atom. The molecule has 4 aromatic carbocycles. The molecular weight excluding hydrogens is 1310 g/mol. The third kappa shape index (κ3) is 17.4. The van der Waals surface area contributed by atoms with Gasteiger partial charge in [-0.25, -0.2) is 13.8 Å². The van der Waals surface area contributed by atoms with E-state index < -0.39 is 145 Å². The molecule has 3 aliphatic heterocycles. The van der Waals surface area contributed by atoms with Crippen molar-refractivity contribution in [2.75, 3.05) is 37.6 Å². The van der Waals surface area contributed by atoms with Crippen molar-refractivity contribution in [3.8, 4) is 0 Å². The van der Waals surface area contributed by atoms with E-state index >= 15 is 0 Å². The molecule has 0 radical (unpaired) electrons. The number of ketones is 1. The molecule has 0 bridgehead atoms. The first-order valence-electron chi connectivity index (χ1n) is 25.5. The summed E-state index contributed by atoms with van der Waals surface area (Å²) in [6.45, 7) is -0.226. The molecule has 2 unspecified atom stereocenters. The Morgan fingerprint density at radius 3 is 1.58 bits per heavy atom. The topological polar surface area (TPSA) is 228 Å². The predicted octanol–water partition coefficient (Wildman–Crippen LogP) is 2.79. The van der Waals surface area contributed by atoms with Crippen molar-refractivity contribution >= 4 is 94.2 Å². The fraction of sp³-hybridized carbons (Fsp3) is 0.246. The molecule has 89 heavy (non-hydrogen) atoms. The summed E-state index contributed by atoms with van der Waals surface area (Å²) >= 11 is 17.4. The smallest absolute Gasteiger partial charge is 1.00 e. The van der Waals surface area contributed by atoms with E-state index in [1.165, 1.54) is 38.1 Å². The van der Waals surface area contributed by atoms with E-state index in [1.54, 1.807) is 24.3 Å². The molecule has 32 heteroatoms. The van der Waals surface area contributed by atoms with Crippen LogP contribution < -0.4 is 113 Å². The molecule has 0 spiro atoms. The molecule has 7 amide bonds. The predicted molar refractivity (Wildman–Crippen MR) is 290 cm³/mol. The molecule has 18 nitrogen and oxygen atoms in total. The Kier molecular flexibility index (Phi) is 26.8. The van der Waals surface area contributed by atoms with Gasteiger partial charge in [-0.2, -0.15) is 26.3 Å². The Morgan fingerprint density at radius 2 is 1.17 bits per heavy atom. The molecule has 2 aromatic heterocycles. The molecule has 5 heterocycles. The minimum atomic E-state index is -4.60. The second kappa shape index (κ2) is 32.2. The second-order valence-corrected chi connectivity index (χ2v) is 20.4. The van der Waals surface area contributed by atoms with E-state index in [1.807, 2.05) is 0 Å². The van der Waals surface area contributed by atoms with Crippen LogP contribution in [-0.4, -0.2) is 127 Å². The number of alkyl halides is 8. The van der Waals surface area contributed by atoms with E-state index in [9.17, 15) is 77.9 Å². The maximum atomic E-state index is 14.8. The quantitative estimate of drug-likeness (QED) is 0.0275. The molecule has 3 aliphatic rings. The van der Waals surface area contributed by atoms with E-state index in [2.05, 4.69) is 14.9 Å². The van der Waals surface area contributed by atoms with Gasteiger partial charge in [-0.3, -0.25) is 67.2 Å². The van der Waals surface area contributed by atoms with Gasteiger partial charge < -0.3 is 21.4 Å². The summed E-state index contributed by atoms with van der Waals surface area (Å²) in [5.74, 6) is -9.00. The van der Waals surface area contributed by atoms with Gasteiger partial charge in [-0.15, -0.1) is 11.6 Å². The largest absolute Gasteiger partial charge is 1.00 e. The molecule has 6 aromatic rings. The standard InChI is InChI=1S/C28H21Cl2F4N3O4.C27H19ClF4N4O4.CH3F.CH2O3.2K.H/c1-27(23(38)11-22-21(31)10-18(30)13-35-22,15-36-25(40)19-4-2-3-5-20(19)26(36)41)37(24(39)12-29)14-16-6-8-17(9-7-16)28(32,33)34;1-26(14-35-23(38)18-4-2-3-5-19(18)24(35)39)25(40)34(22-20(29)10-17(28)11-33-22)13-21(37)36(26)12-15-6-8-16(9-7-15)27(30,31)32;1-2;2-1-4-3;;;/h2-10,13H,11-12,14-15H2,1H3;2-11H,12-14H2,1H3;1H3;1,3H;;;/q;;;;2*+1;-1/p-1/i;;1D;;;;. The third-order valence-electron chi connectivity index (χ3n) is 13.7. The Labute approximate surface area is 603 Å². The number of Topliss-reactive ketones (excluding diaryl/α,β-unsaturated/α-hetero) is 1. The molecule has 0 aliphatic carbocycles. The zero-order chi connectivity index (χ0) is 65.2. The Hall–Kier alpha value is -5.52. The maximum Gasteiger partial charge on any atom is 1.00 e. The Bertz CT molecular complexity index is 3620. The average Bonchev–Trinajstić information content (AvgIpc) is 1.72. The number of pyridine rings is 2. The first-order chi connectivity index (χ1) is 41.4. The van der Waals surface area contributed by atoms with E-state index in [0.29, 0.717) is 0 Å². The SMILES string of the molecule is CC(CN1C(=O)c2ccccc2C1=O)(C(=O)Cc1ncc(Cl)cc1F)N(Cc1ccc(C(F)(F)F)cc1)C(=O)CCl.CC1(CN2C(=O)c3ccccc3C2=O)C(=O)N(c2ncc(Cl)cc2F)CC(=O)N1Cc1ccc(C(F)(F)F)cc1.O=CO[O-].[2H]CF.[H-].[K+].[K+]. The zero-order valence-corrected chi connectivity index (χ0v) is 55.5. The van der Waals surface area contributed by atoms with E-state index in [0.717, 1.165) is 97.6 Å². The van der Waals surface area contributed by atoms with Gasteiger partial charge in [0, 0.05) is 25.5 Å². The van der Waals surface area contributed by atoms with Gasteiger partial charge in [0.1, 0.15) is 29.3 Å². The number of carbonyl (C=O) groups excluding carboxylic acids is 9. The van der Waals surface area contributed by atoms with Gasteiger partial charge >= 0.3 is 115 Å². The number of piperazine rings is 1. The van der Waals surface area contributed by atoms with E-state index in [4.69, 9.17) is 46.2 Å². The number of imide groups is 2. The molecule has 2 atom stereocenters. The number of anilines is 1. The van der Waals surface area contributed by atoms with Crippen LogP contribution in [0, 0.1) is 11.6 Å². The monoisotopic (exact) mass is 1360 g/mol. The third-order valence-corrected chi connectivity index (χ3v) is 14.4. The first-order valence-corrected chi connectivity index (χ1v) is 26.1. The van der Waals surface area contributed by atoms with Crippen molar-refractivity contribution in [1.82, 2.24) is 29.6 Å². The van der Waals surface area contributed by atoms with Crippen LogP contribution in [0.3, 0.4) is 0 Å². The number of nitrogens with zero attached hydrogens (tertiary/aromatic N) is 7.